The second-order valence-electron chi connectivity index (χ2n) is 6.23. The maximum atomic E-state index is 12.2. The Morgan fingerprint density at radius 3 is 2.12 bits per heavy atom. The summed E-state index contributed by atoms with van der Waals surface area (Å²) in [5, 5.41) is 0. The van der Waals surface area contributed by atoms with Crippen LogP contribution in [0.15, 0.2) is 57.8 Å². The Balaban J connectivity index is 1.66. The van der Waals surface area contributed by atoms with Crippen molar-refractivity contribution in [2.24, 2.45) is 0 Å². The second kappa shape index (κ2) is 7.43. The molecule has 1 heterocycles. The minimum absolute atomic E-state index is 0.0108. The summed E-state index contributed by atoms with van der Waals surface area (Å²) in [7, 11) is -3.77. The molecular weight excluding hydrogens is 350 g/mol. The Bertz CT molecular complexity index is 987. The summed E-state index contributed by atoms with van der Waals surface area (Å²) in [5.74, 6) is 1.19. The highest BCUT2D eigenvalue weighted by molar-refractivity contribution is 7.86. The molecule has 3 rings (SSSR count). The van der Waals surface area contributed by atoms with Crippen LogP contribution in [-0.4, -0.2) is 20.0 Å². The molecule has 0 saturated heterocycles. The zero-order valence-corrected chi connectivity index (χ0v) is 15.8. The minimum Gasteiger partial charge on any atom is -0.441 e. The predicted molar refractivity (Wildman–Crippen MR) is 99.4 cm³/mol. The van der Waals surface area contributed by atoms with Crippen molar-refractivity contribution in [3.8, 4) is 11.5 Å². The van der Waals surface area contributed by atoms with Crippen LogP contribution in [0.5, 0.6) is 0 Å². The van der Waals surface area contributed by atoms with Crippen LogP contribution >= 0.6 is 0 Å². The SMILES string of the molecule is Cc1ccc(-c2nc(CCOS(=O)(=O)c3ccc(C)cc3)c(C)o2)cc1. The number of benzene rings is 2. The minimum atomic E-state index is -3.77. The third-order valence-electron chi connectivity index (χ3n) is 4.08. The molecule has 0 spiro atoms. The van der Waals surface area contributed by atoms with Gasteiger partial charge >= 0.3 is 0 Å². The van der Waals surface area contributed by atoms with E-state index in [0.717, 1.165) is 16.7 Å². The first-order chi connectivity index (χ1) is 12.3. The highest BCUT2D eigenvalue weighted by atomic mass is 32.2. The van der Waals surface area contributed by atoms with Gasteiger partial charge in [0.25, 0.3) is 10.1 Å². The highest BCUT2D eigenvalue weighted by Crippen LogP contribution is 2.23. The number of hydrogen-bond donors (Lipinski definition) is 0. The molecule has 0 aliphatic heterocycles. The lowest BCUT2D eigenvalue weighted by molar-refractivity contribution is 0.320. The van der Waals surface area contributed by atoms with Crippen LogP contribution in [0.1, 0.15) is 22.6 Å². The molecule has 0 amide bonds. The molecule has 0 radical (unpaired) electrons. The van der Waals surface area contributed by atoms with Gasteiger partial charge in [0.15, 0.2) is 0 Å². The van der Waals surface area contributed by atoms with Crippen molar-refractivity contribution in [1.29, 1.82) is 0 Å². The van der Waals surface area contributed by atoms with Crippen LogP contribution in [0.4, 0.5) is 0 Å². The van der Waals surface area contributed by atoms with E-state index in [9.17, 15) is 8.42 Å². The standard InChI is InChI=1S/C20H21NO4S/c1-14-4-8-17(9-5-14)20-21-19(16(3)25-20)12-13-24-26(22,23)18-10-6-15(2)7-11-18/h4-11H,12-13H2,1-3H3. The first-order valence-corrected chi connectivity index (χ1v) is 9.75. The zero-order valence-electron chi connectivity index (χ0n) is 15.0. The van der Waals surface area contributed by atoms with Gasteiger partial charge in [-0.25, -0.2) is 4.98 Å². The molecule has 2 aromatic carbocycles. The van der Waals surface area contributed by atoms with Crippen LogP contribution < -0.4 is 0 Å². The van der Waals surface area contributed by atoms with E-state index in [4.69, 9.17) is 8.60 Å². The first kappa shape index (κ1) is 18.4. The zero-order chi connectivity index (χ0) is 18.7. The van der Waals surface area contributed by atoms with Crippen molar-refractivity contribution < 1.29 is 17.0 Å². The van der Waals surface area contributed by atoms with Gasteiger partial charge < -0.3 is 4.42 Å². The van der Waals surface area contributed by atoms with Gasteiger partial charge in [-0.15, -0.1) is 0 Å². The van der Waals surface area contributed by atoms with Crippen LogP contribution in [0, 0.1) is 20.8 Å². The molecular formula is C20H21NO4S. The molecule has 0 N–H and O–H groups in total. The summed E-state index contributed by atoms with van der Waals surface area (Å²) >= 11 is 0. The summed E-state index contributed by atoms with van der Waals surface area (Å²) in [4.78, 5) is 4.63. The van der Waals surface area contributed by atoms with Gasteiger partial charge in [-0.05, 0) is 45.0 Å². The fourth-order valence-electron chi connectivity index (χ4n) is 2.50. The van der Waals surface area contributed by atoms with Gasteiger partial charge in [-0.1, -0.05) is 35.4 Å². The summed E-state index contributed by atoms with van der Waals surface area (Å²) in [6, 6.07) is 14.4. The topological polar surface area (TPSA) is 69.4 Å². The Kier molecular flexibility index (Phi) is 5.25. The summed E-state index contributed by atoms with van der Waals surface area (Å²) in [5.41, 5.74) is 3.73. The number of rotatable bonds is 6. The van der Waals surface area contributed by atoms with Crippen molar-refractivity contribution in [2.75, 3.05) is 6.61 Å². The third-order valence-corrected chi connectivity index (χ3v) is 5.40. The van der Waals surface area contributed by atoms with Crippen molar-refractivity contribution in [3.05, 3.63) is 71.1 Å². The summed E-state index contributed by atoms with van der Waals surface area (Å²) in [6.45, 7) is 5.74. The van der Waals surface area contributed by atoms with E-state index in [1.54, 1.807) is 24.3 Å². The molecule has 0 fully saturated rings. The number of hydrogen-bond acceptors (Lipinski definition) is 5. The number of nitrogens with zero attached hydrogens (tertiary/aromatic N) is 1. The van der Waals surface area contributed by atoms with Crippen LogP contribution in [0.25, 0.3) is 11.5 Å². The van der Waals surface area contributed by atoms with Gasteiger partial charge in [0.2, 0.25) is 5.89 Å². The molecule has 26 heavy (non-hydrogen) atoms. The maximum absolute atomic E-state index is 12.2. The van der Waals surface area contributed by atoms with E-state index in [1.165, 1.54) is 0 Å². The molecule has 1 aromatic heterocycles. The average molecular weight is 371 g/mol. The van der Waals surface area contributed by atoms with Crippen LogP contribution in [0.3, 0.4) is 0 Å². The molecule has 6 heteroatoms. The summed E-state index contributed by atoms with van der Waals surface area (Å²) < 4.78 is 35.3. The Labute approximate surface area is 153 Å². The van der Waals surface area contributed by atoms with E-state index >= 15 is 0 Å². The largest absolute Gasteiger partial charge is 0.441 e. The fourth-order valence-corrected chi connectivity index (χ4v) is 3.41. The van der Waals surface area contributed by atoms with Crippen molar-refractivity contribution in [3.63, 3.8) is 0 Å². The fraction of sp³-hybridized carbons (Fsp3) is 0.250. The second-order valence-corrected chi connectivity index (χ2v) is 7.84. The molecule has 0 atom stereocenters. The van der Waals surface area contributed by atoms with Crippen molar-refractivity contribution in [1.82, 2.24) is 4.98 Å². The quantitative estimate of drug-likeness (QED) is 0.607. The average Bonchev–Trinajstić information content (AvgIpc) is 2.97. The molecule has 0 bridgehead atoms. The van der Waals surface area contributed by atoms with E-state index in [2.05, 4.69) is 4.98 Å². The van der Waals surface area contributed by atoms with E-state index in [0.29, 0.717) is 23.8 Å². The van der Waals surface area contributed by atoms with Gasteiger partial charge in [-0.2, -0.15) is 8.42 Å². The van der Waals surface area contributed by atoms with Crippen LogP contribution in [0.2, 0.25) is 0 Å². The summed E-state index contributed by atoms with van der Waals surface area (Å²) in [6.07, 6.45) is 0.353. The van der Waals surface area contributed by atoms with Gasteiger partial charge in [0.05, 0.1) is 17.2 Å². The predicted octanol–water partition coefficient (Wildman–Crippen LogP) is 4.21. The number of aromatic nitrogens is 1. The lowest BCUT2D eigenvalue weighted by Gasteiger charge is -2.05. The van der Waals surface area contributed by atoms with Gasteiger partial charge in [0.1, 0.15) is 5.76 Å². The lowest BCUT2D eigenvalue weighted by Crippen LogP contribution is -2.09. The molecule has 136 valence electrons. The van der Waals surface area contributed by atoms with Crippen molar-refractivity contribution >= 4 is 10.1 Å². The highest BCUT2D eigenvalue weighted by Gasteiger charge is 2.16. The molecule has 0 aliphatic rings. The molecule has 5 nitrogen and oxygen atoms in total. The van der Waals surface area contributed by atoms with Crippen molar-refractivity contribution in [2.45, 2.75) is 32.1 Å². The monoisotopic (exact) mass is 371 g/mol. The van der Waals surface area contributed by atoms with Gasteiger partial charge in [-0.3, -0.25) is 4.18 Å². The normalized spacial score (nSPS) is 11.7. The number of aryl methyl sites for hydroxylation is 3. The van der Waals surface area contributed by atoms with Crippen LogP contribution in [-0.2, 0) is 20.7 Å². The molecule has 0 unspecified atom stereocenters. The third kappa shape index (κ3) is 4.20. The Hall–Kier alpha value is -2.44. The van der Waals surface area contributed by atoms with E-state index in [1.807, 2.05) is 45.0 Å². The first-order valence-electron chi connectivity index (χ1n) is 8.34. The van der Waals surface area contributed by atoms with Gasteiger partial charge in [0, 0.05) is 12.0 Å². The lowest BCUT2D eigenvalue weighted by atomic mass is 10.1. The smallest absolute Gasteiger partial charge is 0.296 e. The van der Waals surface area contributed by atoms with E-state index < -0.39 is 10.1 Å². The van der Waals surface area contributed by atoms with E-state index in [-0.39, 0.29) is 11.5 Å². The Morgan fingerprint density at radius 1 is 0.923 bits per heavy atom. The molecule has 0 saturated carbocycles. The molecule has 0 aliphatic carbocycles. The maximum Gasteiger partial charge on any atom is 0.296 e. The molecule has 3 aromatic rings. The number of oxazole rings is 1. The Morgan fingerprint density at radius 2 is 1.50 bits per heavy atom.